The minimum absolute atomic E-state index is 0.0909. The minimum atomic E-state index is -0.363. The van der Waals surface area contributed by atoms with E-state index in [2.05, 4.69) is 15.1 Å². The van der Waals surface area contributed by atoms with Gasteiger partial charge in [-0.25, -0.2) is 4.39 Å². The Morgan fingerprint density at radius 3 is 2.52 bits per heavy atom. The predicted molar refractivity (Wildman–Crippen MR) is 102 cm³/mol. The van der Waals surface area contributed by atoms with Gasteiger partial charge in [0.1, 0.15) is 0 Å². The van der Waals surface area contributed by atoms with Gasteiger partial charge in [-0.05, 0) is 50.2 Å². The molecule has 27 heavy (non-hydrogen) atoms. The van der Waals surface area contributed by atoms with E-state index in [1.165, 1.54) is 18.7 Å². The normalized spacial score (nSPS) is 12.4. The molecule has 0 spiro atoms. The van der Waals surface area contributed by atoms with E-state index >= 15 is 0 Å². The second-order valence-electron chi connectivity index (χ2n) is 6.52. The standard InChI is InChI=1S/C21H24FN3O2/c1-5-25(13-16-8-11-19(26-4)18(22)12-16)15(3)20-23-24-21(27-20)17-9-6-14(2)7-10-17/h6-12,15H,5,13H2,1-4H3/t15-/m0/s1. The minimum Gasteiger partial charge on any atom is -0.494 e. The molecule has 0 aliphatic rings. The molecule has 5 nitrogen and oxygen atoms in total. The molecule has 0 aliphatic carbocycles. The van der Waals surface area contributed by atoms with Gasteiger partial charge in [-0.15, -0.1) is 10.2 Å². The van der Waals surface area contributed by atoms with E-state index < -0.39 is 0 Å². The molecule has 0 aliphatic heterocycles. The lowest BCUT2D eigenvalue weighted by Crippen LogP contribution is -2.26. The first-order valence-electron chi connectivity index (χ1n) is 8.98. The van der Waals surface area contributed by atoms with Gasteiger partial charge in [0, 0.05) is 12.1 Å². The van der Waals surface area contributed by atoms with E-state index in [0.717, 1.165) is 17.7 Å². The van der Waals surface area contributed by atoms with Crippen LogP contribution in [0.4, 0.5) is 4.39 Å². The summed E-state index contributed by atoms with van der Waals surface area (Å²) in [6, 6.07) is 12.9. The van der Waals surface area contributed by atoms with Crippen LogP contribution in [0.25, 0.3) is 11.5 Å². The van der Waals surface area contributed by atoms with Crippen molar-refractivity contribution in [2.75, 3.05) is 13.7 Å². The zero-order chi connectivity index (χ0) is 19.4. The number of hydrogen-bond acceptors (Lipinski definition) is 5. The number of hydrogen-bond donors (Lipinski definition) is 0. The van der Waals surface area contributed by atoms with Gasteiger partial charge in [0.25, 0.3) is 0 Å². The molecule has 6 heteroatoms. The third-order valence-corrected chi connectivity index (χ3v) is 4.65. The lowest BCUT2D eigenvalue weighted by Gasteiger charge is -2.25. The molecule has 1 atom stereocenters. The maximum absolute atomic E-state index is 14.0. The van der Waals surface area contributed by atoms with E-state index in [4.69, 9.17) is 9.15 Å². The first-order valence-corrected chi connectivity index (χ1v) is 8.98. The van der Waals surface area contributed by atoms with Crippen LogP contribution < -0.4 is 4.74 Å². The SMILES string of the molecule is CCN(Cc1ccc(OC)c(F)c1)[C@@H](C)c1nnc(-c2ccc(C)cc2)o1. The predicted octanol–water partition coefficient (Wildman–Crippen LogP) is 4.78. The van der Waals surface area contributed by atoms with Crippen molar-refractivity contribution in [2.24, 2.45) is 0 Å². The molecular weight excluding hydrogens is 345 g/mol. The molecule has 0 saturated carbocycles. The highest BCUT2D eigenvalue weighted by molar-refractivity contribution is 5.52. The molecule has 1 heterocycles. The van der Waals surface area contributed by atoms with Gasteiger partial charge in [-0.1, -0.05) is 30.7 Å². The number of aryl methyl sites for hydroxylation is 1. The zero-order valence-corrected chi connectivity index (χ0v) is 16.1. The Morgan fingerprint density at radius 2 is 1.89 bits per heavy atom. The number of aromatic nitrogens is 2. The Morgan fingerprint density at radius 1 is 1.15 bits per heavy atom. The van der Waals surface area contributed by atoms with Crippen LogP contribution in [-0.2, 0) is 6.54 Å². The van der Waals surface area contributed by atoms with Crippen molar-refractivity contribution in [1.82, 2.24) is 15.1 Å². The van der Waals surface area contributed by atoms with Crippen LogP contribution >= 0.6 is 0 Å². The summed E-state index contributed by atoms with van der Waals surface area (Å²) in [6.45, 7) is 7.42. The van der Waals surface area contributed by atoms with Crippen LogP contribution in [0.15, 0.2) is 46.9 Å². The first-order chi connectivity index (χ1) is 13.0. The van der Waals surface area contributed by atoms with Crippen molar-refractivity contribution < 1.29 is 13.5 Å². The Kier molecular flexibility index (Phi) is 5.86. The number of benzene rings is 2. The number of nitrogens with zero attached hydrogens (tertiary/aromatic N) is 3. The summed E-state index contributed by atoms with van der Waals surface area (Å²) < 4.78 is 24.8. The number of ether oxygens (including phenoxy) is 1. The van der Waals surface area contributed by atoms with Gasteiger partial charge in [-0.3, -0.25) is 4.90 Å². The lowest BCUT2D eigenvalue weighted by molar-refractivity contribution is 0.184. The van der Waals surface area contributed by atoms with Crippen LogP contribution in [0.2, 0.25) is 0 Å². The van der Waals surface area contributed by atoms with Gasteiger partial charge >= 0.3 is 0 Å². The summed E-state index contributed by atoms with van der Waals surface area (Å²) in [5, 5.41) is 8.40. The zero-order valence-electron chi connectivity index (χ0n) is 16.1. The molecule has 0 bridgehead atoms. The van der Waals surface area contributed by atoms with E-state index in [1.807, 2.05) is 51.1 Å². The van der Waals surface area contributed by atoms with Crippen molar-refractivity contribution in [3.8, 4) is 17.2 Å². The van der Waals surface area contributed by atoms with E-state index in [-0.39, 0.29) is 17.6 Å². The van der Waals surface area contributed by atoms with Crippen molar-refractivity contribution in [3.63, 3.8) is 0 Å². The maximum Gasteiger partial charge on any atom is 0.247 e. The highest BCUT2D eigenvalue weighted by Gasteiger charge is 2.21. The number of halogens is 1. The molecule has 0 fully saturated rings. The third-order valence-electron chi connectivity index (χ3n) is 4.65. The quantitative estimate of drug-likeness (QED) is 0.600. The summed E-state index contributed by atoms with van der Waals surface area (Å²) in [7, 11) is 1.46. The number of rotatable bonds is 7. The van der Waals surface area contributed by atoms with Crippen molar-refractivity contribution >= 4 is 0 Å². The van der Waals surface area contributed by atoms with Gasteiger partial charge < -0.3 is 9.15 Å². The average molecular weight is 369 g/mol. The lowest BCUT2D eigenvalue weighted by atomic mass is 10.1. The topological polar surface area (TPSA) is 51.4 Å². The molecule has 0 N–H and O–H groups in total. The molecule has 0 amide bonds. The Labute approximate surface area is 158 Å². The highest BCUT2D eigenvalue weighted by atomic mass is 19.1. The van der Waals surface area contributed by atoms with E-state index in [9.17, 15) is 4.39 Å². The van der Waals surface area contributed by atoms with Crippen LogP contribution in [-0.4, -0.2) is 28.8 Å². The van der Waals surface area contributed by atoms with E-state index in [0.29, 0.717) is 18.3 Å². The largest absolute Gasteiger partial charge is 0.494 e. The monoisotopic (exact) mass is 369 g/mol. The Hall–Kier alpha value is -2.73. The summed E-state index contributed by atoms with van der Waals surface area (Å²) in [6.07, 6.45) is 0. The van der Waals surface area contributed by atoms with Gasteiger partial charge in [0.2, 0.25) is 11.8 Å². The fraction of sp³-hybridized carbons (Fsp3) is 0.333. The van der Waals surface area contributed by atoms with Crippen LogP contribution in [0, 0.1) is 12.7 Å². The smallest absolute Gasteiger partial charge is 0.247 e. The highest BCUT2D eigenvalue weighted by Crippen LogP contribution is 2.26. The third kappa shape index (κ3) is 4.34. The average Bonchev–Trinajstić information content (AvgIpc) is 3.16. The molecule has 0 radical (unpaired) electrons. The summed E-state index contributed by atoms with van der Waals surface area (Å²) in [5.41, 5.74) is 2.93. The maximum atomic E-state index is 14.0. The van der Waals surface area contributed by atoms with Crippen molar-refractivity contribution in [2.45, 2.75) is 33.4 Å². The van der Waals surface area contributed by atoms with Crippen LogP contribution in [0.5, 0.6) is 5.75 Å². The second kappa shape index (κ2) is 8.31. The summed E-state index contributed by atoms with van der Waals surface area (Å²) >= 11 is 0. The van der Waals surface area contributed by atoms with Crippen molar-refractivity contribution in [3.05, 3.63) is 65.3 Å². The van der Waals surface area contributed by atoms with E-state index in [1.54, 1.807) is 6.07 Å². The summed E-state index contributed by atoms with van der Waals surface area (Å²) in [5.74, 6) is 0.928. The second-order valence-corrected chi connectivity index (χ2v) is 6.52. The number of methoxy groups -OCH3 is 1. The Balaban J connectivity index is 1.76. The fourth-order valence-corrected chi connectivity index (χ4v) is 2.94. The molecule has 1 aromatic heterocycles. The molecular formula is C21H24FN3O2. The van der Waals surface area contributed by atoms with Crippen LogP contribution in [0.1, 0.15) is 36.9 Å². The van der Waals surface area contributed by atoms with Gasteiger partial charge in [0.15, 0.2) is 11.6 Å². The molecule has 3 rings (SSSR count). The fourth-order valence-electron chi connectivity index (χ4n) is 2.94. The molecule has 0 unspecified atom stereocenters. The molecule has 2 aromatic carbocycles. The van der Waals surface area contributed by atoms with Crippen molar-refractivity contribution in [1.29, 1.82) is 0 Å². The summed E-state index contributed by atoms with van der Waals surface area (Å²) in [4.78, 5) is 2.15. The Bertz CT molecular complexity index is 893. The van der Waals surface area contributed by atoms with Gasteiger partial charge in [0.05, 0.1) is 13.2 Å². The van der Waals surface area contributed by atoms with Gasteiger partial charge in [-0.2, -0.15) is 0 Å². The van der Waals surface area contributed by atoms with Crippen LogP contribution in [0.3, 0.4) is 0 Å². The molecule has 142 valence electrons. The molecule has 0 saturated heterocycles. The first kappa shape index (κ1) is 19.0. The molecule has 3 aromatic rings.